The second kappa shape index (κ2) is 6.36. The Kier molecular flexibility index (Phi) is 4.50. The normalized spacial score (nSPS) is 21.0. The lowest BCUT2D eigenvalue weighted by atomic mass is 10.1. The van der Waals surface area contributed by atoms with E-state index in [4.69, 9.17) is 0 Å². The first kappa shape index (κ1) is 14.9. The lowest BCUT2D eigenvalue weighted by Gasteiger charge is -2.17. The van der Waals surface area contributed by atoms with Gasteiger partial charge in [0.05, 0.1) is 4.90 Å². The van der Waals surface area contributed by atoms with Gasteiger partial charge in [0.1, 0.15) is 0 Å². The van der Waals surface area contributed by atoms with Gasteiger partial charge < -0.3 is 5.32 Å². The molecule has 0 bridgehead atoms. The fourth-order valence-electron chi connectivity index (χ4n) is 2.88. The fourth-order valence-corrected chi connectivity index (χ4v) is 4.18. The Labute approximate surface area is 127 Å². The van der Waals surface area contributed by atoms with Crippen molar-refractivity contribution in [1.82, 2.24) is 4.72 Å². The van der Waals surface area contributed by atoms with E-state index in [0.717, 1.165) is 18.5 Å². The van der Waals surface area contributed by atoms with Crippen molar-refractivity contribution in [2.75, 3.05) is 5.32 Å². The summed E-state index contributed by atoms with van der Waals surface area (Å²) in [6.45, 7) is 0. The Hall–Kier alpha value is -1.07. The number of sulfonamides is 1. The van der Waals surface area contributed by atoms with Gasteiger partial charge in [-0.2, -0.15) is 0 Å². The average Bonchev–Trinajstić information content (AvgIpc) is 3.27. The second-order valence-electron chi connectivity index (χ2n) is 6.25. The molecule has 0 heterocycles. The smallest absolute Gasteiger partial charge is 0.240 e. The third-order valence-electron chi connectivity index (χ3n) is 4.29. The van der Waals surface area contributed by atoms with Crippen molar-refractivity contribution in [3.63, 3.8) is 0 Å². The number of benzene rings is 1. The maximum Gasteiger partial charge on any atom is 0.240 e. The van der Waals surface area contributed by atoms with Gasteiger partial charge >= 0.3 is 0 Å². The first-order valence-corrected chi connectivity index (χ1v) is 9.51. The maximum absolute atomic E-state index is 12.1. The summed E-state index contributed by atoms with van der Waals surface area (Å²) in [6, 6.07) is 7.84. The molecule has 0 spiro atoms. The molecule has 0 amide bonds. The van der Waals surface area contributed by atoms with Crippen molar-refractivity contribution >= 4 is 15.7 Å². The van der Waals surface area contributed by atoms with E-state index in [9.17, 15) is 8.42 Å². The van der Waals surface area contributed by atoms with Crippen LogP contribution in [0, 0.1) is 0 Å². The van der Waals surface area contributed by atoms with Gasteiger partial charge in [-0.15, -0.1) is 0 Å². The molecule has 0 atom stereocenters. The molecule has 0 saturated heterocycles. The van der Waals surface area contributed by atoms with E-state index in [2.05, 4.69) is 10.0 Å². The minimum atomic E-state index is -3.33. The topological polar surface area (TPSA) is 58.2 Å². The highest BCUT2D eigenvalue weighted by atomic mass is 32.2. The van der Waals surface area contributed by atoms with Gasteiger partial charge in [-0.3, -0.25) is 0 Å². The van der Waals surface area contributed by atoms with E-state index in [0.29, 0.717) is 10.9 Å². The number of hydrogen-bond acceptors (Lipinski definition) is 3. The monoisotopic (exact) mass is 308 g/mol. The zero-order valence-electron chi connectivity index (χ0n) is 12.3. The van der Waals surface area contributed by atoms with E-state index in [-0.39, 0.29) is 6.04 Å². The molecule has 2 saturated carbocycles. The number of anilines is 1. The van der Waals surface area contributed by atoms with Gasteiger partial charge in [-0.25, -0.2) is 13.1 Å². The van der Waals surface area contributed by atoms with Crippen LogP contribution in [0.1, 0.15) is 51.4 Å². The van der Waals surface area contributed by atoms with Gasteiger partial charge in [0.2, 0.25) is 10.0 Å². The van der Waals surface area contributed by atoms with Crippen LogP contribution >= 0.6 is 0 Å². The summed E-state index contributed by atoms with van der Waals surface area (Å²) in [6.07, 6.45) is 9.59. The van der Waals surface area contributed by atoms with Crippen molar-refractivity contribution in [3.8, 4) is 0 Å². The SMILES string of the molecule is O=S(=O)(NC1CC1)c1ccc(NC2CCCCCC2)cc1. The lowest BCUT2D eigenvalue weighted by Crippen LogP contribution is -2.25. The van der Waals surface area contributed by atoms with Crippen molar-refractivity contribution < 1.29 is 8.42 Å². The first-order valence-electron chi connectivity index (χ1n) is 8.02. The number of nitrogens with one attached hydrogen (secondary N) is 2. The molecule has 0 aromatic heterocycles. The molecule has 0 unspecified atom stereocenters. The molecular formula is C16H24N2O2S. The van der Waals surface area contributed by atoms with Crippen molar-refractivity contribution in [2.24, 2.45) is 0 Å². The van der Waals surface area contributed by atoms with E-state index in [1.165, 1.54) is 38.5 Å². The lowest BCUT2D eigenvalue weighted by molar-refractivity contribution is 0.581. The predicted octanol–water partition coefficient (Wildman–Crippen LogP) is 3.26. The summed E-state index contributed by atoms with van der Waals surface area (Å²) in [7, 11) is -3.33. The molecule has 1 aromatic rings. The van der Waals surface area contributed by atoms with E-state index in [1.807, 2.05) is 12.1 Å². The van der Waals surface area contributed by atoms with Crippen molar-refractivity contribution in [1.29, 1.82) is 0 Å². The van der Waals surface area contributed by atoms with Crippen LogP contribution < -0.4 is 10.0 Å². The molecule has 2 aliphatic rings. The average molecular weight is 308 g/mol. The highest BCUT2D eigenvalue weighted by molar-refractivity contribution is 7.89. The van der Waals surface area contributed by atoms with Crippen LogP contribution in [-0.4, -0.2) is 20.5 Å². The standard InChI is InChI=1S/C16H24N2O2S/c19-21(20,18-15-7-8-15)16-11-9-14(10-12-16)17-13-5-3-1-2-4-6-13/h9-13,15,17-18H,1-8H2. The van der Waals surface area contributed by atoms with Gasteiger partial charge in [0, 0.05) is 17.8 Å². The van der Waals surface area contributed by atoms with Gasteiger partial charge in [-0.1, -0.05) is 25.7 Å². The zero-order valence-corrected chi connectivity index (χ0v) is 13.2. The van der Waals surface area contributed by atoms with Gasteiger partial charge in [0.25, 0.3) is 0 Å². The van der Waals surface area contributed by atoms with E-state index in [1.54, 1.807) is 12.1 Å². The molecule has 2 aliphatic carbocycles. The Balaban J connectivity index is 1.63. The summed E-state index contributed by atoms with van der Waals surface area (Å²) in [4.78, 5) is 0.362. The van der Waals surface area contributed by atoms with Crippen LogP contribution in [0.15, 0.2) is 29.2 Å². The minimum Gasteiger partial charge on any atom is -0.382 e. The quantitative estimate of drug-likeness (QED) is 0.821. The summed E-state index contributed by atoms with van der Waals surface area (Å²) in [5.41, 5.74) is 1.02. The molecule has 4 nitrogen and oxygen atoms in total. The molecule has 0 aliphatic heterocycles. The summed E-state index contributed by atoms with van der Waals surface area (Å²) in [5, 5.41) is 3.54. The van der Waals surface area contributed by atoms with Crippen LogP contribution in [0.4, 0.5) is 5.69 Å². The number of rotatable bonds is 5. The highest BCUT2D eigenvalue weighted by Gasteiger charge is 2.27. The van der Waals surface area contributed by atoms with Gasteiger partial charge in [0.15, 0.2) is 0 Å². The Bertz CT molecular complexity index is 556. The Morgan fingerprint density at radius 1 is 0.810 bits per heavy atom. The second-order valence-corrected chi connectivity index (χ2v) is 7.97. The first-order chi connectivity index (χ1) is 10.1. The maximum atomic E-state index is 12.1. The van der Waals surface area contributed by atoms with Crippen LogP contribution in [0.3, 0.4) is 0 Å². The molecule has 1 aromatic carbocycles. The summed E-state index contributed by atoms with van der Waals surface area (Å²) < 4.78 is 26.9. The molecule has 2 N–H and O–H groups in total. The van der Waals surface area contributed by atoms with Crippen LogP contribution in [0.2, 0.25) is 0 Å². The molecule has 3 rings (SSSR count). The largest absolute Gasteiger partial charge is 0.382 e. The Morgan fingerprint density at radius 3 is 2.00 bits per heavy atom. The summed E-state index contributed by atoms with van der Waals surface area (Å²) in [5.74, 6) is 0. The molecule has 2 fully saturated rings. The summed E-state index contributed by atoms with van der Waals surface area (Å²) >= 11 is 0. The highest BCUT2D eigenvalue weighted by Crippen LogP contribution is 2.24. The third kappa shape index (κ3) is 4.20. The van der Waals surface area contributed by atoms with Gasteiger partial charge in [-0.05, 0) is 49.9 Å². The van der Waals surface area contributed by atoms with Crippen molar-refractivity contribution in [2.45, 2.75) is 68.3 Å². The van der Waals surface area contributed by atoms with E-state index >= 15 is 0 Å². The predicted molar refractivity (Wildman–Crippen MR) is 84.9 cm³/mol. The molecule has 0 radical (unpaired) electrons. The molecule has 21 heavy (non-hydrogen) atoms. The fraction of sp³-hybridized carbons (Fsp3) is 0.625. The molecule has 5 heteroatoms. The molecular weight excluding hydrogens is 284 g/mol. The van der Waals surface area contributed by atoms with Crippen LogP contribution in [-0.2, 0) is 10.0 Å². The Morgan fingerprint density at radius 2 is 1.43 bits per heavy atom. The van der Waals surface area contributed by atoms with Crippen LogP contribution in [0.25, 0.3) is 0 Å². The van der Waals surface area contributed by atoms with E-state index < -0.39 is 10.0 Å². The van der Waals surface area contributed by atoms with Crippen LogP contribution in [0.5, 0.6) is 0 Å². The molecule has 116 valence electrons. The number of hydrogen-bond donors (Lipinski definition) is 2. The zero-order chi connectivity index (χ0) is 14.7. The minimum absolute atomic E-state index is 0.152. The third-order valence-corrected chi connectivity index (χ3v) is 5.83. The van der Waals surface area contributed by atoms with Crippen molar-refractivity contribution in [3.05, 3.63) is 24.3 Å².